The van der Waals surface area contributed by atoms with Crippen LogP contribution in [0.5, 0.6) is 0 Å². The van der Waals surface area contributed by atoms with Gasteiger partial charge in [-0.05, 0) is 0 Å². The van der Waals surface area contributed by atoms with Gasteiger partial charge in [0.15, 0.2) is 0 Å². The number of nitrogens with one attached hydrogen (secondary N) is 1. The molecule has 0 fully saturated rings. The highest BCUT2D eigenvalue weighted by molar-refractivity contribution is 4.49. The van der Waals surface area contributed by atoms with E-state index in [1.165, 1.54) is 0 Å². The second kappa shape index (κ2) is 2.89. The SMILES string of the molecule is NC(N)NC(N)N. The van der Waals surface area contributed by atoms with Gasteiger partial charge in [-0.3, -0.25) is 5.32 Å². The van der Waals surface area contributed by atoms with Crippen LogP contribution >= 0.6 is 0 Å². The van der Waals surface area contributed by atoms with Crippen LogP contribution in [0.15, 0.2) is 0 Å². The second-order valence-electron chi connectivity index (χ2n) is 1.22. The Balaban J connectivity index is 2.95. The largest absolute Gasteiger partial charge is 0.304 e. The molecule has 0 saturated heterocycles. The summed E-state index contributed by atoms with van der Waals surface area (Å²) < 4.78 is 0. The summed E-state index contributed by atoms with van der Waals surface area (Å²) in [7, 11) is 0. The zero-order chi connectivity index (χ0) is 5.86. The van der Waals surface area contributed by atoms with Crippen molar-refractivity contribution < 1.29 is 0 Å². The van der Waals surface area contributed by atoms with Gasteiger partial charge in [0.2, 0.25) is 0 Å². The lowest BCUT2D eigenvalue weighted by molar-refractivity contribution is 0.459. The molecule has 9 N–H and O–H groups in total. The molecule has 0 aliphatic rings. The van der Waals surface area contributed by atoms with Gasteiger partial charge in [0.05, 0.1) is 0 Å². The first-order valence-corrected chi connectivity index (χ1v) is 1.91. The molecule has 0 spiro atoms. The van der Waals surface area contributed by atoms with E-state index >= 15 is 0 Å². The predicted octanol–water partition coefficient (Wildman–Crippen LogP) is -3.02. The van der Waals surface area contributed by atoms with Crippen LogP contribution in [0.3, 0.4) is 0 Å². The van der Waals surface area contributed by atoms with Crippen molar-refractivity contribution in [2.75, 3.05) is 0 Å². The minimum Gasteiger partial charge on any atom is -0.304 e. The molecule has 0 saturated carbocycles. The number of rotatable bonds is 2. The maximum absolute atomic E-state index is 5.00. The fourth-order valence-electron chi connectivity index (χ4n) is 0.222. The predicted molar refractivity (Wildman–Crippen MR) is 27.5 cm³/mol. The van der Waals surface area contributed by atoms with Crippen molar-refractivity contribution in [2.24, 2.45) is 22.9 Å². The maximum Gasteiger partial charge on any atom is 0.109 e. The van der Waals surface area contributed by atoms with E-state index in [-0.39, 0.29) is 0 Å². The molecule has 0 aromatic rings. The van der Waals surface area contributed by atoms with E-state index in [9.17, 15) is 0 Å². The van der Waals surface area contributed by atoms with E-state index in [1.54, 1.807) is 0 Å². The van der Waals surface area contributed by atoms with Crippen molar-refractivity contribution in [2.45, 2.75) is 12.6 Å². The van der Waals surface area contributed by atoms with Crippen LogP contribution in [0.2, 0.25) is 0 Å². The Morgan fingerprint density at radius 3 is 1.14 bits per heavy atom. The summed E-state index contributed by atoms with van der Waals surface area (Å²) in [5, 5.41) is 2.42. The number of hydrogen-bond acceptors (Lipinski definition) is 5. The average Bonchev–Trinajstić information content (AvgIpc) is 1.27. The Hall–Kier alpha value is -0.200. The Kier molecular flexibility index (Phi) is 2.81. The summed E-state index contributed by atoms with van der Waals surface area (Å²) in [4.78, 5) is 0. The molecule has 0 amide bonds. The summed E-state index contributed by atoms with van der Waals surface area (Å²) in [5.41, 5.74) is 20.0. The minimum atomic E-state index is -0.625. The lowest BCUT2D eigenvalue weighted by Gasteiger charge is -2.10. The molecule has 0 aliphatic heterocycles. The van der Waals surface area contributed by atoms with Crippen molar-refractivity contribution in [1.29, 1.82) is 0 Å². The van der Waals surface area contributed by atoms with Crippen molar-refractivity contribution in [1.82, 2.24) is 5.32 Å². The first kappa shape index (κ1) is 6.80. The summed E-state index contributed by atoms with van der Waals surface area (Å²) in [6.45, 7) is 0. The molecule has 0 radical (unpaired) electrons. The van der Waals surface area contributed by atoms with Crippen LogP contribution in [-0.4, -0.2) is 12.6 Å². The van der Waals surface area contributed by atoms with Crippen LogP contribution < -0.4 is 28.3 Å². The fourth-order valence-corrected chi connectivity index (χ4v) is 0.222. The monoisotopic (exact) mass is 105 g/mol. The molecule has 5 nitrogen and oxygen atoms in total. The molecule has 0 heterocycles. The molecule has 0 aliphatic carbocycles. The number of nitrogens with two attached hydrogens (primary N) is 4. The van der Waals surface area contributed by atoms with Crippen molar-refractivity contribution in [3.8, 4) is 0 Å². The molecular weight excluding hydrogens is 94.1 g/mol. The zero-order valence-electron chi connectivity index (χ0n) is 3.96. The van der Waals surface area contributed by atoms with Crippen LogP contribution in [-0.2, 0) is 0 Å². The smallest absolute Gasteiger partial charge is 0.109 e. The van der Waals surface area contributed by atoms with Crippen LogP contribution in [0.4, 0.5) is 0 Å². The summed E-state index contributed by atoms with van der Waals surface area (Å²) >= 11 is 0. The molecule has 44 valence electrons. The molecular formula is C2H11N5. The highest BCUT2D eigenvalue weighted by Gasteiger charge is 1.93. The van der Waals surface area contributed by atoms with Crippen molar-refractivity contribution in [3.63, 3.8) is 0 Å². The van der Waals surface area contributed by atoms with Gasteiger partial charge in [0.1, 0.15) is 12.6 Å². The van der Waals surface area contributed by atoms with E-state index in [1.807, 2.05) is 0 Å². The summed E-state index contributed by atoms with van der Waals surface area (Å²) in [5.74, 6) is 0. The van der Waals surface area contributed by atoms with Gasteiger partial charge in [-0.2, -0.15) is 0 Å². The summed E-state index contributed by atoms with van der Waals surface area (Å²) in [6, 6.07) is 0. The highest BCUT2D eigenvalue weighted by atomic mass is 15.2. The average molecular weight is 105 g/mol. The van der Waals surface area contributed by atoms with Gasteiger partial charge in [-0.25, -0.2) is 0 Å². The van der Waals surface area contributed by atoms with E-state index in [0.29, 0.717) is 0 Å². The normalized spacial score (nSPS) is 11.1. The van der Waals surface area contributed by atoms with Gasteiger partial charge in [-0.15, -0.1) is 0 Å². The molecule has 0 bridgehead atoms. The maximum atomic E-state index is 5.00. The van der Waals surface area contributed by atoms with E-state index in [4.69, 9.17) is 22.9 Å². The van der Waals surface area contributed by atoms with Gasteiger partial charge in [0, 0.05) is 0 Å². The quantitative estimate of drug-likeness (QED) is 0.240. The standard InChI is InChI=1S/C2H11N5/c3-1(4)7-2(5)6/h1-2,7H,3-6H2. The molecule has 0 atom stereocenters. The Morgan fingerprint density at radius 1 is 0.857 bits per heavy atom. The van der Waals surface area contributed by atoms with Gasteiger partial charge in [0.25, 0.3) is 0 Å². The summed E-state index contributed by atoms with van der Waals surface area (Å²) in [6.07, 6.45) is -1.25. The van der Waals surface area contributed by atoms with Crippen molar-refractivity contribution >= 4 is 0 Å². The van der Waals surface area contributed by atoms with E-state index < -0.39 is 12.6 Å². The topological polar surface area (TPSA) is 116 Å². The minimum absolute atomic E-state index is 0.625. The number of hydrogen-bond donors (Lipinski definition) is 5. The van der Waals surface area contributed by atoms with Crippen molar-refractivity contribution in [3.05, 3.63) is 0 Å². The molecule has 0 rings (SSSR count). The van der Waals surface area contributed by atoms with Crippen LogP contribution in [0, 0.1) is 0 Å². The van der Waals surface area contributed by atoms with Gasteiger partial charge in [-0.1, -0.05) is 0 Å². The molecule has 0 aromatic heterocycles. The molecule has 5 heteroatoms. The molecule has 7 heavy (non-hydrogen) atoms. The third-order valence-electron chi connectivity index (χ3n) is 0.385. The highest BCUT2D eigenvalue weighted by Crippen LogP contribution is 1.50. The lowest BCUT2D eigenvalue weighted by atomic mass is 10.8. The van der Waals surface area contributed by atoms with Gasteiger partial charge >= 0.3 is 0 Å². The fraction of sp³-hybridized carbons (Fsp3) is 1.00. The Labute approximate surface area is 42.0 Å². The third-order valence-corrected chi connectivity index (χ3v) is 0.385. The second-order valence-corrected chi connectivity index (χ2v) is 1.22. The van der Waals surface area contributed by atoms with E-state index in [0.717, 1.165) is 0 Å². The first-order valence-electron chi connectivity index (χ1n) is 1.91. The van der Waals surface area contributed by atoms with Crippen LogP contribution in [0.1, 0.15) is 0 Å². The van der Waals surface area contributed by atoms with E-state index in [2.05, 4.69) is 5.32 Å². The first-order chi connectivity index (χ1) is 3.13. The third kappa shape index (κ3) is 5.80. The Bertz CT molecular complexity index is 35.3. The Morgan fingerprint density at radius 2 is 1.14 bits per heavy atom. The van der Waals surface area contributed by atoms with Gasteiger partial charge < -0.3 is 22.9 Å². The van der Waals surface area contributed by atoms with Crippen LogP contribution in [0.25, 0.3) is 0 Å². The lowest BCUT2D eigenvalue weighted by Crippen LogP contribution is -2.57. The molecule has 0 unspecified atom stereocenters. The zero-order valence-corrected chi connectivity index (χ0v) is 3.96. The molecule has 0 aromatic carbocycles.